The number of hydrogen-bond acceptors (Lipinski definition) is 1. The van der Waals surface area contributed by atoms with E-state index in [0.717, 1.165) is 5.75 Å². The first-order valence-electron chi connectivity index (χ1n) is 5.43. The van der Waals surface area contributed by atoms with E-state index in [1.807, 2.05) is 11.8 Å². The molecule has 0 saturated heterocycles. The summed E-state index contributed by atoms with van der Waals surface area (Å²) < 4.78 is 0. The van der Waals surface area contributed by atoms with Gasteiger partial charge in [0, 0.05) is 10.6 Å². The highest BCUT2D eigenvalue weighted by Gasteiger charge is 2.09. The zero-order chi connectivity index (χ0) is 10.8. The minimum atomic E-state index is 1.05. The van der Waals surface area contributed by atoms with Crippen molar-refractivity contribution in [2.75, 3.05) is 5.75 Å². The molecule has 2 aromatic rings. The Bertz CT molecular complexity index is 541. The second-order valence-corrected chi connectivity index (χ2v) is 4.86. The molecule has 0 fully saturated rings. The van der Waals surface area contributed by atoms with Crippen LogP contribution in [0.25, 0.3) is 17.2 Å². The number of benzene rings is 2. The van der Waals surface area contributed by atoms with Gasteiger partial charge in [-0.25, -0.2) is 0 Å². The van der Waals surface area contributed by atoms with E-state index in [1.165, 1.54) is 21.6 Å². The van der Waals surface area contributed by atoms with E-state index >= 15 is 0 Å². The van der Waals surface area contributed by atoms with Gasteiger partial charge in [0.2, 0.25) is 0 Å². The molecule has 0 amide bonds. The fraction of sp³-hybridized carbons (Fsp3) is 0.0667. The van der Waals surface area contributed by atoms with Crippen LogP contribution in [0.15, 0.2) is 59.5 Å². The molecule has 1 aliphatic heterocycles. The van der Waals surface area contributed by atoms with Crippen molar-refractivity contribution >= 4 is 17.8 Å². The molecule has 0 N–H and O–H groups in total. The largest absolute Gasteiger partial charge is 0.121 e. The summed E-state index contributed by atoms with van der Waals surface area (Å²) in [5.41, 5.74) is 4.00. The molecular weight excluding hydrogens is 212 g/mol. The molecule has 78 valence electrons. The molecule has 0 bridgehead atoms. The predicted molar refractivity (Wildman–Crippen MR) is 71.6 cm³/mol. The average molecular weight is 224 g/mol. The van der Waals surface area contributed by atoms with E-state index in [9.17, 15) is 0 Å². The topological polar surface area (TPSA) is 0 Å². The molecule has 16 heavy (non-hydrogen) atoms. The zero-order valence-electron chi connectivity index (χ0n) is 8.89. The number of fused-ring (bicyclic) bond motifs is 3. The highest BCUT2D eigenvalue weighted by Crippen LogP contribution is 2.35. The van der Waals surface area contributed by atoms with E-state index in [1.54, 1.807) is 0 Å². The molecule has 0 unspecified atom stereocenters. The Morgan fingerprint density at radius 3 is 2.50 bits per heavy atom. The Morgan fingerprint density at radius 2 is 1.56 bits per heavy atom. The van der Waals surface area contributed by atoms with Crippen LogP contribution in [0.1, 0.15) is 5.56 Å². The van der Waals surface area contributed by atoms with Gasteiger partial charge in [-0.1, -0.05) is 54.6 Å². The maximum absolute atomic E-state index is 2.24. The second-order valence-electron chi connectivity index (χ2n) is 3.80. The lowest BCUT2D eigenvalue weighted by atomic mass is 9.99. The molecule has 0 atom stereocenters. The van der Waals surface area contributed by atoms with Gasteiger partial charge in [-0.05, 0) is 22.8 Å². The van der Waals surface area contributed by atoms with Gasteiger partial charge in [0.15, 0.2) is 0 Å². The quantitative estimate of drug-likeness (QED) is 0.636. The Morgan fingerprint density at radius 1 is 0.812 bits per heavy atom. The summed E-state index contributed by atoms with van der Waals surface area (Å²) >= 11 is 1.90. The van der Waals surface area contributed by atoms with Gasteiger partial charge in [-0.15, -0.1) is 11.8 Å². The van der Waals surface area contributed by atoms with E-state index in [0.29, 0.717) is 0 Å². The van der Waals surface area contributed by atoms with Gasteiger partial charge in [0.1, 0.15) is 0 Å². The van der Waals surface area contributed by atoms with Crippen molar-refractivity contribution in [2.24, 2.45) is 0 Å². The van der Waals surface area contributed by atoms with Crippen LogP contribution >= 0.6 is 11.8 Å². The SMILES string of the molecule is C1=Cc2ccccc2-c2ccccc2SC1. The average Bonchev–Trinajstić information content (AvgIpc) is 2.33. The van der Waals surface area contributed by atoms with Crippen molar-refractivity contribution in [3.8, 4) is 11.1 Å². The Hall–Kier alpha value is -1.47. The molecule has 1 heteroatoms. The monoisotopic (exact) mass is 224 g/mol. The molecule has 0 saturated carbocycles. The third-order valence-electron chi connectivity index (χ3n) is 2.77. The van der Waals surface area contributed by atoms with Gasteiger partial charge >= 0.3 is 0 Å². The van der Waals surface area contributed by atoms with Crippen molar-refractivity contribution in [1.29, 1.82) is 0 Å². The first-order valence-corrected chi connectivity index (χ1v) is 6.41. The molecule has 3 rings (SSSR count). The second kappa shape index (κ2) is 4.18. The van der Waals surface area contributed by atoms with Gasteiger partial charge in [0.25, 0.3) is 0 Å². The first kappa shape index (κ1) is 9.73. The fourth-order valence-electron chi connectivity index (χ4n) is 2.02. The normalized spacial score (nSPS) is 13.5. The zero-order valence-corrected chi connectivity index (χ0v) is 9.71. The Kier molecular flexibility index (Phi) is 2.55. The van der Waals surface area contributed by atoms with Gasteiger partial charge in [-0.2, -0.15) is 0 Å². The lowest BCUT2D eigenvalue weighted by molar-refractivity contribution is 1.43. The highest BCUT2D eigenvalue weighted by molar-refractivity contribution is 7.99. The van der Waals surface area contributed by atoms with E-state index in [2.05, 4.69) is 60.7 Å². The van der Waals surface area contributed by atoms with Crippen LogP contribution in [0.5, 0.6) is 0 Å². The summed E-state index contributed by atoms with van der Waals surface area (Å²) in [4.78, 5) is 1.37. The van der Waals surface area contributed by atoms with Crippen molar-refractivity contribution in [3.63, 3.8) is 0 Å². The molecule has 0 aromatic heterocycles. The number of hydrogen-bond donors (Lipinski definition) is 0. The first-order chi connectivity index (χ1) is 7.95. The van der Waals surface area contributed by atoms with Crippen LogP contribution in [0.3, 0.4) is 0 Å². The van der Waals surface area contributed by atoms with E-state index in [4.69, 9.17) is 0 Å². The Labute approximate surface area is 100 Å². The van der Waals surface area contributed by atoms with Crippen molar-refractivity contribution in [2.45, 2.75) is 4.90 Å². The molecule has 2 aromatic carbocycles. The molecule has 1 aliphatic rings. The third-order valence-corrected chi connectivity index (χ3v) is 3.80. The smallest absolute Gasteiger partial charge is 0.0164 e. The van der Waals surface area contributed by atoms with Gasteiger partial charge < -0.3 is 0 Å². The summed E-state index contributed by atoms with van der Waals surface area (Å²) in [5, 5.41) is 0. The summed E-state index contributed by atoms with van der Waals surface area (Å²) in [6, 6.07) is 17.2. The number of thioether (sulfide) groups is 1. The molecule has 0 nitrogen and oxygen atoms in total. The number of rotatable bonds is 0. The molecule has 0 radical (unpaired) electrons. The van der Waals surface area contributed by atoms with Gasteiger partial charge in [0.05, 0.1) is 0 Å². The Balaban J connectivity index is 2.28. The molecule has 0 spiro atoms. The third kappa shape index (κ3) is 1.68. The standard InChI is InChI=1S/C15H12S/c1-2-8-13-12(6-1)7-5-11-16-15-10-4-3-9-14(13)15/h1-10H,11H2. The molecular formula is C15H12S. The summed E-state index contributed by atoms with van der Waals surface area (Å²) in [6.07, 6.45) is 4.46. The molecule has 0 aliphatic carbocycles. The molecule has 1 heterocycles. The maximum atomic E-state index is 2.24. The fourth-order valence-corrected chi connectivity index (χ4v) is 2.90. The van der Waals surface area contributed by atoms with E-state index < -0.39 is 0 Å². The van der Waals surface area contributed by atoms with E-state index in [-0.39, 0.29) is 0 Å². The van der Waals surface area contributed by atoms with Crippen molar-refractivity contribution < 1.29 is 0 Å². The maximum Gasteiger partial charge on any atom is 0.0164 e. The summed E-state index contributed by atoms with van der Waals surface area (Å²) in [6.45, 7) is 0. The van der Waals surface area contributed by atoms with Crippen LogP contribution in [0.4, 0.5) is 0 Å². The van der Waals surface area contributed by atoms with Crippen LogP contribution < -0.4 is 0 Å². The highest BCUT2D eigenvalue weighted by atomic mass is 32.2. The van der Waals surface area contributed by atoms with Crippen LogP contribution in [-0.4, -0.2) is 5.75 Å². The van der Waals surface area contributed by atoms with Crippen molar-refractivity contribution in [1.82, 2.24) is 0 Å². The van der Waals surface area contributed by atoms with Gasteiger partial charge in [-0.3, -0.25) is 0 Å². The lowest BCUT2D eigenvalue weighted by Crippen LogP contribution is -1.89. The summed E-state index contributed by atoms with van der Waals surface area (Å²) in [7, 11) is 0. The van der Waals surface area contributed by atoms with Crippen LogP contribution in [-0.2, 0) is 0 Å². The minimum absolute atomic E-state index is 1.05. The predicted octanol–water partition coefficient (Wildman–Crippen LogP) is 4.47. The van der Waals surface area contributed by atoms with Crippen LogP contribution in [0.2, 0.25) is 0 Å². The van der Waals surface area contributed by atoms with Crippen LogP contribution in [0, 0.1) is 0 Å². The van der Waals surface area contributed by atoms with Crippen molar-refractivity contribution in [3.05, 3.63) is 60.2 Å². The summed E-state index contributed by atoms with van der Waals surface area (Å²) in [5.74, 6) is 1.05. The minimum Gasteiger partial charge on any atom is -0.121 e. The lowest BCUT2D eigenvalue weighted by Gasteiger charge is -2.13.